The zero-order valence-electron chi connectivity index (χ0n) is 15.2. The van der Waals surface area contributed by atoms with Crippen LogP contribution in [0.25, 0.3) is 0 Å². The largest absolute Gasteiger partial charge is 0.348 e. The van der Waals surface area contributed by atoms with Crippen LogP contribution >= 0.6 is 0 Å². The first-order chi connectivity index (χ1) is 12.1. The molecular weight excluding hydrogens is 316 g/mol. The molecule has 0 aromatic heterocycles. The fraction of sp³-hybridized carbons (Fsp3) is 0.579. The lowest BCUT2D eigenvalue weighted by Crippen LogP contribution is -2.58. The molecular formula is C19H28N4O2. The fourth-order valence-electron chi connectivity index (χ4n) is 3.63. The molecule has 0 N–H and O–H groups in total. The summed E-state index contributed by atoms with van der Waals surface area (Å²) in [5.41, 5.74) is 0.993. The van der Waals surface area contributed by atoms with Crippen LogP contribution in [0.4, 0.5) is 5.69 Å². The molecule has 2 saturated heterocycles. The van der Waals surface area contributed by atoms with Crippen LogP contribution in [0.5, 0.6) is 0 Å². The van der Waals surface area contributed by atoms with E-state index in [9.17, 15) is 9.59 Å². The van der Waals surface area contributed by atoms with Gasteiger partial charge in [-0.05, 0) is 25.0 Å². The SMILES string of the molecule is CN(C)C(=O)CN1CCN([C@@H]2CCCN(c3ccccc3)C2=O)CC1. The van der Waals surface area contributed by atoms with Crippen molar-refractivity contribution < 1.29 is 9.59 Å². The quantitative estimate of drug-likeness (QED) is 0.814. The number of hydrogen-bond donors (Lipinski definition) is 0. The molecule has 6 heteroatoms. The van der Waals surface area contributed by atoms with E-state index in [2.05, 4.69) is 9.80 Å². The van der Waals surface area contributed by atoms with Crippen molar-refractivity contribution in [2.75, 3.05) is 58.3 Å². The Morgan fingerprint density at radius 3 is 2.40 bits per heavy atom. The number of amides is 2. The number of benzene rings is 1. The molecule has 0 saturated carbocycles. The lowest BCUT2D eigenvalue weighted by molar-refractivity contribution is -0.131. The van der Waals surface area contributed by atoms with Crippen molar-refractivity contribution >= 4 is 17.5 Å². The van der Waals surface area contributed by atoms with E-state index in [1.807, 2.05) is 35.2 Å². The number of rotatable bonds is 4. The second-order valence-electron chi connectivity index (χ2n) is 7.08. The van der Waals surface area contributed by atoms with E-state index >= 15 is 0 Å². The second-order valence-corrected chi connectivity index (χ2v) is 7.08. The molecule has 6 nitrogen and oxygen atoms in total. The van der Waals surface area contributed by atoms with Crippen LogP contribution in [-0.2, 0) is 9.59 Å². The third-order valence-electron chi connectivity index (χ3n) is 5.18. The van der Waals surface area contributed by atoms with Gasteiger partial charge in [-0.3, -0.25) is 19.4 Å². The van der Waals surface area contributed by atoms with Gasteiger partial charge in [0.2, 0.25) is 11.8 Å². The number of piperazine rings is 1. The average molecular weight is 344 g/mol. The van der Waals surface area contributed by atoms with Gasteiger partial charge in [0.15, 0.2) is 0 Å². The Hall–Kier alpha value is -1.92. The molecule has 1 atom stereocenters. The van der Waals surface area contributed by atoms with Gasteiger partial charge in [-0.2, -0.15) is 0 Å². The number of para-hydroxylation sites is 1. The molecule has 0 aliphatic carbocycles. The Bertz CT molecular complexity index is 597. The highest BCUT2D eigenvalue weighted by Gasteiger charge is 2.35. The Morgan fingerprint density at radius 1 is 1.08 bits per heavy atom. The van der Waals surface area contributed by atoms with Crippen LogP contribution in [0.3, 0.4) is 0 Å². The number of carbonyl (C=O) groups excluding carboxylic acids is 2. The van der Waals surface area contributed by atoms with Crippen molar-refractivity contribution in [2.45, 2.75) is 18.9 Å². The van der Waals surface area contributed by atoms with Crippen LogP contribution in [0, 0.1) is 0 Å². The Morgan fingerprint density at radius 2 is 1.76 bits per heavy atom. The smallest absolute Gasteiger partial charge is 0.244 e. The molecule has 1 aromatic rings. The molecule has 25 heavy (non-hydrogen) atoms. The summed E-state index contributed by atoms with van der Waals surface area (Å²) in [7, 11) is 3.58. The van der Waals surface area contributed by atoms with E-state index in [1.54, 1.807) is 19.0 Å². The average Bonchev–Trinajstić information content (AvgIpc) is 2.63. The summed E-state index contributed by atoms with van der Waals surface area (Å²) in [4.78, 5) is 32.9. The van der Waals surface area contributed by atoms with Gasteiger partial charge in [-0.1, -0.05) is 18.2 Å². The summed E-state index contributed by atoms with van der Waals surface area (Å²) in [6.07, 6.45) is 1.96. The molecule has 0 bridgehead atoms. The highest BCUT2D eigenvalue weighted by Crippen LogP contribution is 2.24. The minimum Gasteiger partial charge on any atom is -0.348 e. The van der Waals surface area contributed by atoms with E-state index in [0.29, 0.717) is 6.54 Å². The summed E-state index contributed by atoms with van der Waals surface area (Å²) in [5.74, 6) is 0.354. The van der Waals surface area contributed by atoms with Gasteiger partial charge in [0.25, 0.3) is 0 Å². The zero-order chi connectivity index (χ0) is 17.8. The number of anilines is 1. The molecule has 3 rings (SSSR count). The Labute approximate surface area is 150 Å². The van der Waals surface area contributed by atoms with E-state index in [-0.39, 0.29) is 17.9 Å². The van der Waals surface area contributed by atoms with Crippen molar-refractivity contribution in [1.82, 2.24) is 14.7 Å². The van der Waals surface area contributed by atoms with Crippen molar-refractivity contribution in [2.24, 2.45) is 0 Å². The van der Waals surface area contributed by atoms with Gasteiger partial charge in [0.05, 0.1) is 12.6 Å². The highest BCUT2D eigenvalue weighted by molar-refractivity contribution is 5.97. The van der Waals surface area contributed by atoms with Gasteiger partial charge in [0, 0.05) is 52.5 Å². The van der Waals surface area contributed by atoms with Crippen LogP contribution < -0.4 is 4.90 Å². The number of likely N-dealkylation sites (N-methyl/N-ethyl adjacent to an activating group) is 1. The van der Waals surface area contributed by atoms with Gasteiger partial charge >= 0.3 is 0 Å². The maximum absolute atomic E-state index is 13.0. The molecule has 2 heterocycles. The standard InChI is InChI=1S/C19H28N4O2/c1-20(2)18(24)15-21-11-13-22(14-12-21)17-9-6-10-23(19(17)25)16-7-4-3-5-8-16/h3-5,7-8,17H,6,9-15H2,1-2H3/t17-/m1/s1. The second kappa shape index (κ2) is 7.97. The van der Waals surface area contributed by atoms with Crippen LogP contribution in [0.1, 0.15) is 12.8 Å². The van der Waals surface area contributed by atoms with Gasteiger partial charge < -0.3 is 9.80 Å². The number of hydrogen-bond acceptors (Lipinski definition) is 4. The van der Waals surface area contributed by atoms with Crippen LogP contribution in [0.2, 0.25) is 0 Å². The first-order valence-corrected chi connectivity index (χ1v) is 9.09. The molecule has 0 spiro atoms. The predicted molar refractivity (Wildman–Crippen MR) is 98.5 cm³/mol. The minimum absolute atomic E-state index is 0.0272. The first-order valence-electron chi connectivity index (χ1n) is 9.09. The van der Waals surface area contributed by atoms with Crippen molar-refractivity contribution in [3.05, 3.63) is 30.3 Å². The van der Waals surface area contributed by atoms with Crippen molar-refractivity contribution in [1.29, 1.82) is 0 Å². The van der Waals surface area contributed by atoms with Gasteiger partial charge in [-0.25, -0.2) is 0 Å². The van der Waals surface area contributed by atoms with E-state index < -0.39 is 0 Å². The fourth-order valence-corrected chi connectivity index (χ4v) is 3.63. The molecule has 1 aromatic carbocycles. The summed E-state index contributed by atoms with van der Waals surface area (Å²) in [5, 5.41) is 0. The number of piperidine rings is 1. The van der Waals surface area contributed by atoms with Crippen molar-refractivity contribution in [3.63, 3.8) is 0 Å². The van der Waals surface area contributed by atoms with E-state index in [1.165, 1.54) is 0 Å². The molecule has 136 valence electrons. The highest BCUT2D eigenvalue weighted by atomic mass is 16.2. The topological polar surface area (TPSA) is 47.1 Å². The molecule has 2 aliphatic heterocycles. The van der Waals surface area contributed by atoms with Gasteiger partial charge in [0.1, 0.15) is 0 Å². The normalized spacial score (nSPS) is 22.9. The Kier molecular flexibility index (Phi) is 5.71. The predicted octanol–water partition coefficient (Wildman–Crippen LogP) is 0.888. The number of carbonyl (C=O) groups is 2. The van der Waals surface area contributed by atoms with Gasteiger partial charge in [-0.15, -0.1) is 0 Å². The molecule has 2 fully saturated rings. The summed E-state index contributed by atoms with van der Waals surface area (Å²) < 4.78 is 0. The van der Waals surface area contributed by atoms with Crippen LogP contribution in [0.15, 0.2) is 30.3 Å². The molecule has 0 radical (unpaired) electrons. The monoisotopic (exact) mass is 344 g/mol. The lowest BCUT2D eigenvalue weighted by atomic mass is 10.0. The summed E-state index contributed by atoms with van der Waals surface area (Å²) in [6.45, 7) is 4.65. The minimum atomic E-state index is -0.0272. The number of nitrogens with zero attached hydrogens (tertiary/aromatic N) is 4. The third kappa shape index (κ3) is 4.19. The summed E-state index contributed by atoms with van der Waals surface area (Å²) in [6, 6.07) is 9.92. The third-order valence-corrected chi connectivity index (χ3v) is 5.18. The Balaban J connectivity index is 1.58. The molecule has 2 aliphatic rings. The first kappa shape index (κ1) is 17.9. The zero-order valence-corrected chi connectivity index (χ0v) is 15.2. The summed E-state index contributed by atoms with van der Waals surface area (Å²) >= 11 is 0. The maximum atomic E-state index is 13.0. The molecule has 2 amide bonds. The van der Waals surface area contributed by atoms with E-state index in [0.717, 1.165) is 51.3 Å². The van der Waals surface area contributed by atoms with Crippen molar-refractivity contribution in [3.8, 4) is 0 Å². The molecule has 0 unspecified atom stereocenters. The van der Waals surface area contributed by atoms with E-state index in [4.69, 9.17) is 0 Å². The maximum Gasteiger partial charge on any atom is 0.244 e. The lowest BCUT2D eigenvalue weighted by Gasteiger charge is -2.42. The van der Waals surface area contributed by atoms with Crippen LogP contribution in [-0.4, -0.2) is 85.9 Å².